The summed E-state index contributed by atoms with van der Waals surface area (Å²) >= 11 is 1.97. The van der Waals surface area contributed by atoms with Crippen LogP contribution in [-0.2, 0) is 0 Å². The highest BCUT2D eigenvalue weighted by molar-refractivity contribution is 8.93. The summed E-state index contributed by atoms with van der Waals surface area (Å²) in [4.78, 5) is 0. The molecule has 0 fully saturated rings. The predicted molar refractivity (Wildman–Crippen MR) is 56.4 cm³/mol. The number of halogens is 1. The van der Waals surface area contributed by atoms with Crippen LogP contribution in [0, 0.1) is 20.8 Å². The first-order valence-electron chi connectivity index (χ1n) is 3.51. The lowest BCUT2D eigenvalue weighted by atomic mass is 10.1. The molecule has 0 aliphatic rings. The fourth-order valence-electron chi connectivity index (χ4n) is 1.21. The van der Waals surface area contributed by atoms with E-state index in [9.17, 15) is 0 Å². The van der Waals surface area contributed by atoms with Crippen molar-refractivity contribution in [3.63, 3.8) is 0 Å². The average molecular weight is 224 g/mol. The number of benzene rings is 1. The molecule has 0 aliphatic carbocycles. The van der Waals surface area contributed by atoms with Crippen LogP contribution in [-0.4, -0.2) is 21.7 Å². The maximum absolute atomic E-state index is 2.23. The van der Waals surface area contributed by atoms with Gasteiger partial charge in [0.25, 0.3) is 21.7 Å². The standard InChI is InChI=1S/C9H11.BrH.Mg/c1-7-4-8(2)6-9(3)5-7;;/h4-5H,1-3H3;1H;. The van der Waals surface area contributed by atoms with Gasteiger partial charge in [0.2, 0.25) is 0 Å². The lowest BCUT2D eigenvalue weighted by Crippen LogP contribution is -2.11. The summed E-state index contributed by atoms with van der Waals surface area (Å²) in [6.45, 7) is 6.48. The average Bonchev–Trinajstić information content (AvgIpc) is 1.82. The zero-order valence-electron chi connectivity index (χ0n) is 7.27. The molecule has 1 aromatic rings. The van der Waals surface area contributed by atoms with E-state index in [2.05, 4.69) is 32.9 Å². The summed E-state index contributed by atoms with van der Waals surface area (Å²) < 4.78 is 1.45. The first-order valence-corrected chi connectivity index (χ1v) is 4.22. The van der Waals surface area contributed by atoms with Gasteiger partial charge in [-0.05, 0) is 20.8 Å². The van der Waals surface area contributed by atoms with Crippen LogP contribution < -0.4 is 3.69 Å². The molecule has 0 saturated carbocycles. The molecule has 2 heteroatoms. The van der Waals surface area contributed by atoms with Gasteiger partial charge in [-0.3, -0.25) is 0 Å². The number of aryl methyl sites for hydroxylation is 3. The second kappa shape index (κ2) is 4.48. The molecule has 11 heavy (non-hydrogen) atoms. The van der Waals surface area contributed by atoms with Gasteiger partial charge in [0, 0.05) is 0 Å². The zero-order valence-corrected chi connectivity index (χ0v) is 10.4. The molecule has 0 N–H and O–H groups in total. The smallest absolute Gasteiger partial charge is 0.202 e. The van der Waals surface area contributed by atoms with E-state index in [1.807, 2.05) is 21.7 Å². The van der Waals surface area contributed by atoms with Crippen molar-refractivity contribution in [1.29, 1.82) is 0 Å². The summed E-state index contributed by atoms with van der Waals surface area (Å²) in [7, 11) is 0. The second-order valence-corrected chi connectivity index (χ2v) is 3.58. The predicted octanol–water partition coefficient (Wildman–Crippen LogP) is 1.98. The minimum absolute atomic E-state index is 0. The van der Waals surface area contributed by atoms with E-state index < -0.39 is 0 Å². The highest BCUT2D eigenvalue weighted by Gasteiger charge is 1.93. The Labute approximate surface area is 91.6 Å². The molecule has 1 radical (unpaired) electrons. The fourth-order valence-corrected chi connectivity index (χ4v) is 1.41. The Bertz CT molecular complexity index is 233. The fraction of sp³-hybridized carbons (Fsp3) is 0.333. The van der Waals surface area contributed by atoms with Crippen LogP contribution in [0.5, 0.6) is 0 Å². The van der Waals surface area contributed by atoms with E-state index >= 15 is 0 Å². The number of hydrogen-bond acceptors (Lipinski definition) is 0. The van der Waals surface area contributed by atoms with E-state index in [-0.39, 0.29) is 17.0 Å². The monoisotopic (exact) mass is 223 g/mol. The molecule has 0 spiro atoms. The molecule has 1 rings (SSSR count). The van der Waals surface area contributed by atoms with Gasteiger partial charge in [-0.1, -0.05) is 28.8 Å². The highest BCUT2D eigenvalue weighted by Crippen LogP contribution is 2.03. The number of rotatable bonds is 0. The van der Waals surface area contributed by atoms with Crippen LogP contribution in [0.4, 0.5) is 0 Å². The van der Waals surface area contributed by atoms with E-state index in [0.29, 0.717) is 0 Å². The van der Waals surface area contributed by atoms with Gasteiger partial charge < -0.3 is 0 Å². The first-order chi connectivity index (χ1) is 4.61. The zero-order chi connectivity index (χ0) is 7.72. The molecule has 0 unspecified atom stereocenters. The minimum Gasteiger partial charge on any atom is -0.202 e. The van der Waals surface area contributed by atoms with Crippen molar-refractivity contribution in [2.45, 2.75) is 20.8 Å². The molecule has 1 aromatic carbocycles. The highest BCUT2D eigenvalue weighted by atomic mass is 79.9. The van der Waals surface area contributed by atoms with Crippen LogP contribution in [0.3, 0.4) is 0 Å². The molecular weight excluding hydrogens is 212 g/mol. The van der Waals surface area contributed by atoms with E-state index in [1.54, 1.807) is 0 Å². The van der Waals surface area contributed by atoms with Crippen LogP contribution in [0.25, 0.3) is 0 Å². The van der Waals surface area contributed by atoms with Gasteiger partial charge in [0.15, 0.2) is 0 Å². The lowest BCUT2D eigenvalue weighted by molar-refractivity contribution is 1.35. The van der Waals surface area contributed by atoms with Gasteiger partial charge in [-0.2, -0.15) is 0 Å². The van der Waals surface area contributed by atoms with Crippen molar-refractivity contribution in [3.05, 3.63) is 28.8 Å². The maximum atomic E-state index is 2.23. The van der Waals surface area contributed by atoms with Crippen LogP contribution >= 0.6 is 17.0 Å². The Morgan fingerprint density at radius 1 is 1.00 bits per heavy atom. The molecule has 57 valence electrons. The van der Waals surface area contributed by atoms with Crippen molar-refractivity contribution in [2.75, 3.05) is 0 Å². The SMILES string of the molecule is Br.Cc1cc(C)[c]([Mg])c(C)c1. The summed E-state index contributed by atoms with van der Waals surface area (Å²) in [5.41, 5.74) is 4.19. The molecule has 0 bridgehead atoms. The maximum Gasteiger partial charge on any atom is 0.277 e. The molecule has 0 aromatic heterocycles. The Balaban J connectivity index is 0.000001000. The van der Waals surface area contributed by atoms with E-state index in [1.165, 1.54) is 20.4 Å². The van der Waals surface area contributed by atoms with Crippen molar-refractivity contribution in [2.24, 2.45) is 0 Å². The molecule has 0 amide bonds. The Morgan fingerprint density at radius 3 is 1.73 bits per heavy atom. The summed E-state index contributed by atoms with van der Waals surface area (Å²) in [6.07, 6.45) is 0. The van der Waals surface area contributed by atoms with Gasteiger partial charge in [0.05, 0.1) is 0 Å². The van der Waals surface area contributed by atoms with Crippen LogP contribution in [0.1, 0.15) is 16.7 Å². The van der Waals surface area contributed by atoms with Crippen molar-refractivity contribution >= 4 is 42.4 Å². The van der Waals surface area contributed by atoms with Gasteiger partial charge >= 0.3 is 0 Å². The van der Waals surface area contributed by atoms with Gasteiger partial charge in [0.1, 0.15) is 0 Å². The largest absolute Gasteiger partial charge is 0.277 e. The molecular formula is C9H12BrMg. The van der Waals surface area contributed by atoms with E-state index in [4.69, 9.17) is 0 Å². The van der Waals surface area contributed by atoms with Crippen molar-refractivity contribution < 1.29 is 0 Å². The lowest BCUT2D eigenvalue weighted by Gasteiger charge is -2.07. The third-order valence-corrected chi connectivity index (χ3v) is 2.96. The molecule has 0 nitrogen and oxygen atoms in total. The summed E-state index contributed by atoms with van der Waals surface area (Å²) in [5.74, 6) is 0. The second-order valence-electron chi connectivity index (χ2n) is 2.88. The molecule has 0 aliphatic heterocycles. The van der Waals surface area contributed by atoms with E-state index in [0.717, 1.165) is 0 Å². The van der Waals surface area contributed by atoms with Crippen molar-refractivity contribution in [1.82, 2.24) is 0 Å². The van der Waals surface area contributed by atoms with Gasteiger partial charge in [-0.25, -0.2) is 3.69 Å². The Kier molecular flexibility index (Phi) is 4.67. The minimum atomic E-state index is 0. The third-order valence-electron chi connectivity index (χ3n) is 1.84. The quantitative estimate of drug-likeness (QED) is 0.591. The number of hydrogen-bond donors (Lipinski definition) is 0. The molecule has 0 heterocycles. The molecule has 0 saturated heterocycles. The van der Waals surface area contributed by atoms with Crippen LogP contribution in [0.15, 0.2) is 12.1 Å². The van der Waals surface area contributed by atoms with Crippen molar-refractivity contribution in [3.8, 4) is 0 Å². The van der Waals surface area contributed by atoms with Gasteiger partial charge in [-0.15, -0.1) is 17.0 Å². The summed E-state index contributed by atoms with van der Waals surface area (Å²) in [6, 6.07) is 4.46. The Morgan fingerprint density at radius 2 is 1.36 bits per heavy atom. The first kappa shape index (κ1) is 11.5. The summed E-state index contributed by atoms with van der Waals surface area (Å²) in [5, 5.41) is 0. The topological polar surface area (TPSA) is 0 Å². The Hall–Kier alpha value is 0.466. The normalized spacial score (nSPS) is 8.91. The van der Waals surface area contributed by atoms with Crippen LogP contribution in [0.2, 0.25) is 0 Å². The third kappa shape index (κ3) is 2.77. The molecule has 0 atom stereocenters.